The molecule has 1 aromatic heterocycles. The number of aromatic nitrogens is 1. The van der Waals surface area contributed by atoms with Crippen molar-refractivity contribution in [3.63, 3.8) is 0 Å². The molecule has 4 rings (SSSR count). The number of halogens is 1. The molecule has 1 aliphatic rings. The Morgan fingerprint density at radius 3 is 2.69 bits per heavy atom. The first-order chi connectivity index (χ1) is 12.4. The van der Waals surface area contributed by atoms with E-state index in [0.717, 1.165) is 22.2 Å². The van der Waals surface area contributed by atoms with Crippen LogP contribution >= 0.6 is 11.6 Å². The average Bonchev–Trinajstić information content (AvgIpc) is 2.98. The van der Waals surface area contributed by atoms with E-state index >= 15 is 0 Å². The van der Waals surface area contributed by atoms with Crippen molar-refractivity contribution in [3.05, 3.63) is 64.3 Å². The summed E-state index contributed by atoms with van der Waals surface area (Å²) in [5, 5.41) is 1.55. The van der Waals surface area contributed by atoms with Crippen molar-refractivity contribution in [2.45, 2.75) is 37.6 Å². The largest absolute Gasteiger partial charge is 0.358 e. The maximum absolute atomic E-state index is 13.0. The van der Waals surface area contributed by atoms with Gasteiger partial charge in [0.25, 0.3) is 0 Å². The van der Waals surface area contributed by atoms with Crippen molar-refractivity contribution in [2.75, 3.05) is 6.54 Å². The molecule has 0 aliphatic carbocycles. The molecule has 2 heterocycles. The van der Waals surface area contributed by atoms with E-state index in [4.69, 9.17) is 11.6 Å². The molecular weight excluding hydrogens is 368 g/mol. The van der Waals surface area contributed by atoms with Gasteiger partial charge in [-0.3, -0.25) is 0 Å². The quantitative estimate of drug-likeness (QED) is 0.707. The number of rotatable bonds is 3. The summed E-state index contributed by atoms with van der Waals surface area (Å²) in [4.78, 5) is 3.71. The molecule has 136 valence electrons. The number of fused-ring (bicyclic) bond motifs is 3. The molecule has 3 aromatic rings. The first kappa shape index (κ1) is 17.6. The highest BCUT2D eigenvalue weighted by Gasteiger charge is 2.30. The Hall–Kier alpha value is -1.82. The molecule has 0 spiro atoms. The summed E-state index contributed by atoms with van der Waals surface area (Å²) in [6.07, 6.45) is 0.681. The van der Waals surface area contributed by atoms with Gasteiger partial charge in [0.2, 0.25) is 10.0 Å². The molecule has 1 N–H and O–H groups in total. The zero-order valence-corrected chi connectivity index (χ0v) is 16.4. The highest BCUT2D eigenvalue weighted by atomic mass is 35.5. The van der Waals surface area contributed by atoms with Crippen LogP contribution in [0.1, 0.15) is 36.6 Å². The fourth-order valence-electron chi connectivity index (χ4n) is 3.55. The van der Waals surface area contributed by atoms with Crippen molar-refractivity contribution in [3.8, 4) is 0 Å². The molecule has 2 aromatic carbocycles. The van der Waals surface area contributed by atoms with Crippen molar-refractivity contribution in [2.24, 2.45) is 0 Å². The molecule has 0 atom stereocenters. The number of nitrogens with zero attached hydrogens (tertiary/aromatic N) is 1. The molecule has 0 fully saturated rings. The third kappa shape index (κ3) is 2.94. The van der Waals surface area contributed by atoms with Crippen LogP contribution in [0.5, 0.6) is 0 Å². The first-order valence-corrected chi connectivity index (χ1v) is 10.6. The monoisotopic (exact) mass is 388 g/mol. The molecule has 6 heteroatoms. The summed E-state index contributed by atoms with van der Waals surface area (Å²) in [5.41, 5.74) is 4.55. The lowest BCUT2D eigenvalue weighted by Gasteiger charge is -2.26. The molecule has 0 saturated heterocycles. The van der Waals surface area contributed by atoms with E-state index in [1.54, 1.807) is 22.5 Å². The van der Waals surface area contributed by atoms with Crippen LogP contribution in [0.25, 0.3) is 10.9 Å². The first-order valence-electron chi connectivity index (χ1n) is 8.75. The van der Waals surface area contributed by atoms with Gasteiger partial charge in [-0.1, -0.05) is 37.6 Å². The summed E-state index contributed by atoms with van der Waals surface area (Å²) in [7, 11) is -3.57. The van der Waals surface area contributed by atoms with E-state index in [9.17, 15) is 8.42 Å². The number of H-pyrrole nitrogens is 1. The lowest BCUT2D eigenvalue weighted by atomic mass is 9.99. The van der Waals surface area contributed by atoms with Crippen LogP contribution < -0.4 is 0 Å². The Morgan fingerprint density at radius 2 is 1.96 bits per heavy atom. The topological polar surface area (TPSA) is 53.2 Å². The van der Waals surface area contributed by atoms with Crippen LogP contribution in [0.15, 0.2) is 47.4 Å². The van der Waals surface area contributed by atoms with Gasteiger partial charge in [0, 0.05) is 41.1 Å². The Bertz CT molecular complexity index is 1090. The highest BCUT2D eigenvalue weighted by molar-refractivity contribution is 7.89. The smallest absolute Gasteiger partial charge is 0.243 e. The Labute approximate surface area is 158 Å². The minimum atomic E-state index is -3.57. The number of hydrogen-bond donors (Lipinski definition) is 1. The minimum absolute atomic E-state index is 0.246. The van der Waals surface area contributed by atoms with Gasteiger partial charge in [-0.15, -0.1) is 0 Å². The number of sulfonamides is 1. The molecule has 0 bridgehead atoms. The summed E-state index contributed by atoms with van der Waals surface area (Å²) in [5.74, 6) is 0.430. The van der Waals surface area contributed by atoms with Crippen molar-refractivity contribution >= 4 is 32.5 Å². The molecular formula is C20H21ClN2O2S. The van der Waals surface area contributed by atoms with Crippen LogP contribution in [-0.4, -0.2) is 24.3 Å². The summed E-state index contributed by atoms with van der Waals surface area (Å²) in [6.45, 7) is 5.17. The number of nitrogens with one attached hydrogen (secondary N) is 1. The van der Waals surface area contributed by atoms with Crippen LogP contribution in [-0.2, 0) is 23.0 Å². The minimum Gasteiger partial charge on any atom is -0.358 e. The third-order valence-corrected chi connectivity index (χ3v) is 7.14. The summed E-state index contributed by atoms with van der Waals surface area (Å²) >= 11 is 5.99. The molecule has 4 nitrogen and oxygen atoms in total. The lowest BCUT2D eigenvalue weighted by molar-refractivity contribution is 0.391. The molecule has 0 radical (unpaired) electrons. The standard InChI is InChI=1S/C20H21ClN2O2S/c1-13(2)14-6-7-19-17(10-14)18-12-23(9-8-20(18)22-19)26(24,25)16-5-3-4-15(21)11-16/h3-7,10-11,13,22H,8-9,12H2,1-2H3. The van der Waals surface area contributed by atoms with Gasteiger partial charge in [0.15, 0.2) is 0 Å². The van der Waals surface area contributed by atoms with Gasteiger partial charge in [-0.25, -0.2) is 8.42 Å². The van der Waals surface area contributed by atoms with Crippen molar-refractivity contribution in [1.82, 2.24) is 9.29 Å². The normalized spacial score (nSPS) is 15.5. The van der Waals surface area contributed by atoms with E-state index in [1.807, 2.05) is 0 Å². The Morgan fingerprint density at radius 1 is 1.15 bits per heavy atom. The molecule has 1 aliphatic heterocycles. The Kier molecular flexibility index (Phi) is 4.34. The van der Waals surface area contributed by atoms with E-state index in [1.165, 1.54) is 11.6 Å². The second kappa shape index (κ2) is 6.41. The predicted molar refractivity (Wildman–Crippen MR) is 105 cm³/mol. The fraction of sp³-hybridized carbons (Fsp3) is 0.300. The SMILES string of the molecule is CC(C)c1ccc2[nH]c3c(c2c1)CN(S(=O)(=O)c1cccc(Cl)c1)CC3. The van der Waals surface area contributed by atoms with Gasteiger partial charge < -0.3 is 4.98 Å². The second-order valence-corrected chi connectivity index (χ2v) is 9.46. The zero-order chi connectivity index (χ0) is 18.5. The van der Waals surface area contributed by atoms with E-state index < -0.39 is 10.0 Å². The molecule has 26 heavy (non-hydrogen) atoms. The lowest BCUT2D eigenvalue weighted by Crippen LogP contribution is -2.35. The van der Waals surface area contributed by atoms with Gasteiger partial charge in [0.1, 0.15) is 0 Å². The summed E-state index contributed by atoms with van der Waals surface area (Å²) in [6, 6.07) is 12.9. The summed E-state index contributed by atoms with van der Waals surface area (Å²) < 4.78 is 27.6. The van der Waals surface area contributed by atoms with Crippen LogP contribution in [0, 0.1) is 0 Å². The molecule has 0 amide bonds. The van der Waals surface area contributed by atoms with Gasteiger partial charge >= 0.3 is 0 Å². The zero-order valence-electron chi connectivity index (χ0n) is 14.8. The highest BCUT2D eigenvalue weighted by Crippen LogP contribution is 2.32. The maximum atomic E-state index is 13.0. The van der Waals surface area contributed by atoms with Crippen LogP contribution in [0.3, 0.4) is 0 Å². The second-order valence-electron chi connectivity index (χ2n) is 7.09. The van der Waals surface area contributed by atoms with Crippen molar-refractivity contribution < 1.29 is 8.42 Å². The van der Waals surface area contributed by atoms with Crippen molar-refractivity contribution in [1.29, 1.82) is 0 Å². The third-order valence-electron chi connectivity index (χ3n) is 5.06. The van der Waals surface area contributed by atoms with Gasteiger partial charge in [0.05, 0.1) is 4.90 Å². The fourth-order valence-corrected chi connectivity index (χ4v) is 5.26. The predicted octanol–water partition coefficient (Wildman–Crippen LogP) is 4.69. The Balaban J connectivity index is 1.75. The number of benzene rings is 2. The van der Waals surface area contributed by atoms with E-state index in [-0.39, 0.29) is 4.90 Å². The average molecular weight is 389 g/mol. The van der Waals surface area contributed by atoms with E-state index in [0.29, 0.717) is 30.5 Å². The van der Waals surface area contributed by atoms with Gasteiger partial charge in [-0.2, -0.15) is 4.31 Å². The molecule has 0 saturated carbocycles. The van der Waals surface area contributed by atoms with Gasteiger partial charge in [-0.05, 0) is 47.4 Å². The number of hydrogen-bond acceptors (Lipinski definition) is 2. The van der Waals surface area contributed by atoms with Crippen LogP contribution in [0.4, 0.5) is 0 Å². The molecule has 0 unspecified atom stereocenters. The van der Waals surface area contributed by atoms with Crippen LogP contribution in [0.2, 0.25) is 5.02 Å². The van der Waals surface area contributed by atoms with E-state index in [2.05, 4.69) is 37.0 Å². The maximum Gasteiger partial charge on any atom is 0.243 e. The number of aromatic amines is 1.